The number of carboxylic acids is 1. The lowest BCUT2D eigenvalue weighted by atomic mass is 9.98. The van der Waals surface area contributed by atoms with Gasteiger partial charge < -0.3 is 31.1 Å². The topological polar surface area (TPSA) is 148 Å². The van der Waals surface area contributed by atoms with Gasteiger partial charge in [-0.05, 0) is 62.1 Å². The van der Waals surface area contributed by atoms with E-state index in [9.17, 15) is 24.3 Å². The summed E-state index contributed by atoms with van der Waals surface area (Å²) in [7, 11) is 0. The van der Waals surface area contributed by atoms with E-state index in [0.717, 1.165) is 27.3 Å². The molecule has 0 fully saturated rings. The normalized spacial score (nSPS) is 15.4. The molecule has 0 radical (unpaired) electrons. The Morgan fingerprint density at radius 1 is 1.02 bits per heavy atom. The van der Waals surface area contributed by atoms with E-state index in [-0.39, 0.29) is 43.7 Å². The highest BCUT2D eigenvalue weighted by Crippen LogP contribution is 2.35. The molecule has 0 aromatic heterocycles. The number of thioether (sulfide) groups is 1. The summed E-state index contributed by atoms with van der Waals surface area (Å²) in [6, 6.07) is 21.9. The molecule has 1 unspecified atom stereocenters. The van der Waals surface area contributed by atoms with E-state index in [1.165, 1.54) is 11.8 Å². The van der Waals surface area contributed by atoms with Crippen molar-refractivity contribution in [2.75, 3.05) is 23.7 Å². The maximum Gasteiger partial charge on any atom is 0.303 e. The van der Waals surface area contributed by atoms with Crippen molar-refractivity contribution in [3.8, 4) is 11.1 Å². The second-order valence-electron chi connectivity index (χ2n) is 12.1. The van der Waals surface area contributed by atoms with Crippen molar-refractivity contribution >= 4 is 41.1 Å². The standard InChI is InChI=1S/C35H42N4O6S/c1-23(40)20-37-35(2,3)19-31(41)38-28-22-46-30-12-7-6-11-29(30)39(34(28)45)21-24-14-16-25(17-15-24)26-9-4-5-10-27(26)33(44)36-18-8-13-32(42)43/h4-7,9-12,14-17,23,28,37,40H,8,13,18-22H2,1-3H3,(H,36,44)(H,38,41)(H,42,43)/t23-,28?/m0/s1. The highest BCUT2D eigenvalue weighted by atomic mass is 32.2. The largest absolute Gasteiger partial charge is 0.481 e. The van der Waals surface area contributed by atoms with Crippen LogP contribution in [0.4, 0.5) is 5.69 Å². The predicted molar refractivity (Wildman–Crippen MR) is 180 cm³/mol. The Morgan fingerprint density at radius 2 is 1.72 bits per heavy atom. The first-order valence-corrected chi connectivity index (χ1v) is 16.4. The summed E-state index contributed by atoms with van der Waals surface area (Å²) in [5.74, 6) is -1.23. The summed E-state index contributed by atoms with van der Waals surface area (Å²) in [5.41, 5.74) is 3.15. The molecule has 10 nitrogen and oxygen atoms in total. The summed E-state index contributed by atoms with van der Waals surface area (Å²) < 4.78 is 0. The molecule has 3 aromatic carbocycles. The van der Waals surface area contributed by atoms with Crippen LogP contribution in [0.1, 0.15) is 56.0 Å². The number of benzene rings is 3. The number of hydrogen-bond donors (Lipinski definition) is 5. The Morgan fingerprint density at radius 3 is 2.43 bits per heavy atom. The number of carbonyl (C=O) groups is 4. The second kappa shape index (κ2) is 15.9. The second-order valence-corrected chi connectivity index (χ2v) is 13.2. The van der Waals surface area contributed by atoms with E-state index in [4.69, 9.17) is 5.11 Å². The van der Waals surface area contributed by atoms with Crippen LogP contribution in [0.3, 0.4) is 0 Å². The minimum absolute atomic E-state index is 0.0142. The van der Waals surface area contributed by atoms with Crippen LogP contribution in [0.2, 0.25) is 0 Å². The number of rotatable bonds is 14. The number of hydrogen-bond acceptors (Lipinski definition) is 7. The van der Waals surface area contributed by atoms with Crippen molar-refractivity contribution < 1.29 is 29.4 Å². The van der Waals surface area contributed by atoms with Gasteiger partial charge >= 0.3 is 5.97 Å². The number of fused-ring (bicyclic) bond motifs is 1. The molecule has 11 heteroatoms. The van der Waals surface area contributed by atoms with Crippen LogP contribution in [0.15, 0.2) is 77.7 Å². The molecule has 0 saturated carbocycles. The van der Waals surface area contributed by atoms with Gasteiger partial charge in [-0.15, -0.1) is 11.8 Å². The summed E-state index contributed by atoms with van der Waals surface area (Å²) in [6.45, 7) is 6.36. The fourth-order valence-corrected chi connectivity index (χ4v) is 6.27. The molecular formula is C35H42N4O6S. The van der Waals surface area contributed by atoms with Crippen molar-refractivity contribution in [3.63, 3.8) is 0 Å². The van der Waals surface area contributed by atoms with E-state index >= 15 is 0 Å². The summed E-state index contributed by atoms with van der Waals surface area (Å²) in [6.07, 6.45) is -0.0675. The Labute approximate surface area is 274 Å². The molecule has 2 atom stereocenters. The first-order chi connectivity index (χ1) is 21.9. The van der Waals surface area contributed by atoms with Gasteiger partial charge in [-0.3, -0.25) is 19.2 Å². The van der Waals surface area contributed by atoms with Gasteiger partial charge in [-0.2, -0.15) is 0 Å². The predicted octanol–water partition coefficient (Wildman–Crippen LogP) is 4.21. The lowest BCUT2D eigenvalue weighted by molar-refractivity contribution is -0.137. The third kappa shape index (κ3) is 9.65. The molecule has 3 aromatic rings. The summed E-state index contributed by atoms with van der Waals surface area (Å²) in [5, 5.41) is 27.4. The first-order valence-electron chi connectivity index (χ1n) is 15.4. The first kappa shape index (κ1) is 34.7. The SMILES string of the molecule is C[C@H](O)CNC(C)(C)CC(=O)NC1CSc2ccccc2N(Cc2ccc(-c3ccccc3C(=O)NCCCC(=O)O)cc2)C1=O. The van der Waals surface area contributed by atoms with Crippen molar-refractivity contribution in [3.05, 3.63) is 83.9 Å². The molecule has 1 aliphatic heterocycles. The number of aliphatic carboxylic acids is 1. The van der Waals surface area contributed by atoms with E-state index in [2.05, 4.69) is 16.0 Å². The van der Waals surface area contributed by atoms with Gasteiger partial charge in [-0.25, -0.2) is 0 Å². The maximum atomic E-state index is 14.0. The summed E-state index contributed by atoms with van der Waals surface area (Å²) in [4.78, 5) is 53.4. The van der Waals surface area contributed by atoms with Crippen LogP contribution < -0.4 is 20.9 Å². The zero-order chi connectivity index (χ0) is 33.3. The lowest BCUT2D eigenvalue weighted by Crippen LogP contribution is -2.52. The lowest BCUT2D eigenvalue weighted by Gasteiger charge is -2.29. The fraction of sp³-hybridized carbons (Fsp3) is 0.371. The van der Waals surface area contributed by atoms with Crippen molar-refractivity contribution in [1.82, 2.24) is 16.0 Å². The third-order valence-electron chi connectivity index (χ3n) is 7.57. The van der Waals surface area contributed by atoms with Crippen molar-refractivity contribution in [2.24, 2.45) is 0 Å². The van der Waals surface area contributed by atoms with E-state index in [1.54, 1.807) is 24.0 Å². The number of amides is 3. The van der Waals surface area contributed by atoms with E-state index in [1.807, 2.05) is 74.5 Å². The molecule has 4 rings (SSSR count). The molecule has 0 aliphatic carbocycles. The minimum Gasteiger partial charge on any atom is -0.481 e. The number of anilines is 1. The van der Waals surface area contributed by atoms with E-state index < -0.39 is 23.7 Å². The number of nitrogens with zero attached hydrogens (tertiary/aromatic N) is 1. The van der Waals surface area contributed by atoms with Crippen molar-refractivity contribution in [1.29, 1.82) is 0 Å². The third-order valence-corrected chi connectivity index (χ3v) is 8.73. The van der Waals surface area contributed by atoms with Gasteiger partial charge in [-0.1, -0.05) is 54.6 Å². The number of β-amino-alcohol motifs (C(OH)–C–C–N with tert-alkyl or cyclic N) is 1. The molecule has 5 N–H and O–H groups in total. The van der Waals surface area contributed by atoms with Gasteiger partial charge in [0, 0.05) is 47.7 Å². The van der Waals surface area contributed by atoms with Crippen LogP contribution in [0.25, 0.3) is 11.1 Å². The Kier molecular flexibility index (Phi) is 12.0. The number of para-hydroxylation sites is 1. The van der Waals surface area contributed by atoms with E-state index in [0.29, 0.717) is 24.3 Å². The molecular weight excluding hydrogens is 604 g/mol. The highest BCUT2D eigenvalue weighted by molar-refractivity contribution is 7.99. The van der Waals surface area contributed by atoms with Crippen LogP contribution in [0, 0.1) is 0 Å². The van der Waals surface area contributed by atoms with Gasteiger partial charge in [0.15, 0.2) is 0 Å². The van der Waals surface area contributed by atoms with Crippen LogP contribution in [-0.2, 0) is 20.9 Å². The van der Waals surface area contributed by atoms with Gasteiger partial charge in [0.1, 0.15) is 6.04 Å². The maximum absolute atomic E-state index is 14.0. The molecule has 1 heterocycles. The number of nitrogens with one attached hydrogen (secondary N) is 3. The molecule has 0 bridgehead atoms. The molecule has 46 heavy (non-hydrogen) atoms. The highest BCUT2D eigenvalue weighted by Gasteiger charge is 2.33. The van der Waals surface area contributed by atoms with Crippen molar-refractivity contribution in [2.45, 2.75) is 69.2 Å². The average Bonchev–Trinajstić information content (AvgIpc) is 3.14. The Hall–Kier alpha value is -4.19. The average molecular weight is 647 g/mol. The Balaban J connectivity index is 1.49. The van der Waals surface area contributed by atoms with Crippen LogP contribution in [0.5, 0.6) is 0 Å². The number of carboxylic acid groups (broad SMARTS) is 1. The zero-order valence-corrected chi connectivity index (χ0v) is 27.2. The quantitative estimate of drug-likeness (QED) is 0.164. The van der Waals surface area contributed by atoms with Gasteiger partial charge in [0.2, 0.25) is 5.91 Å². The molecule has 0 saturated heterocycles. The van der Waals surface area contributed by atoms with Crippen LogP contribution in [-0.4, -0.2) is 70.4 Å². The fourth-order valence-electron chi connectivity index (χ4n) is 5.20. The Bertz CT molecular complexity index is 1540. The number of aliphatic hydroxyl groups excluding tert-OH is 1. The molecule has 1 aliphatic rings. The zero-order valence-electron chi connectivity index (χ0n) is 26.4. The van der Waals surface area contributed by atoms with Gasteiger partial charge in [0.25, 0.3) is 11.8 Å². The molecule has 244 valence electrons. The van der Waals surface area contributed by atoms with Gasteiger partial charge in [0.05, 0.1) is 18.3 Å². The molecule has 0 spiro atoms. The minimum atomic E-state index is -0.902. The smallest absolute Gasteiger partial charge is 0.303 e. The van der Waals surface area contributed by atoms with Crippen LogP contribution >= 0.6 is 11.8 Å². The summed E-state index contributed by atoms with van der Waals surface area (Å²) >= 11 is 1.53. The molecule has 3 amide bonds. The monoisotopic (exact) mass is 646 g/mol. The number of aliphatic hydroxyl groups is 1. The number of carbonyl (C=O) groups excluding carboxylic acids is 3.